The number of aryl methyl sites for hydroxylation is 1. The largest absolute Gasteiger partial charge is 0.315 e. The molecule has 5 nitrogen and oxygen atoms in total. The van der Waals surface area contributed by atoms with E-state index in [9.17, 15) is 8.42 Å². The van der Waals surface area contributed by atoms with E-state index in [4.69, 9.17) is 0 Å². The van der Waals surface area contributed by atoms with Gasteiger partial charge in [0, 0.05) is 28.9 Å². The predicted molar refractivity (Wildman–Crippen MR) is 89.4 cm³/mol. The van der Waals surface area contributed by atoms with Gasteiger partial charge in [-0.05, 0) is 40.1 Å². The van der Waals surface area contributed by atoms with Crippen molar-refractivity contribution in [1.82, 2.24) is 14.9 Å². The van der Waals surface area contributed by atoms with Gasteiger partial charge in [0.25, 0.3) is 0 Å². The monoisotopic (exact) mass is 333 g/mol. The van der Waals surface area contributed by atoms with E-state index in [-0.39, 0.29) is 6.04 Å². The Labute approximate surface area is 132 Å². The molecule has 0 aliphatic rings. The molecule has 0 saturated heterocycles. The highest BCUT2D eigenvalue weighted by molar-refractivity contribution is 7.89. The molecule has 1 aromatic rings. The molecule has 0 radical (unpaired) electrons. The second-order valence-corrected chi connectivity index (χ2v) is 8.19. The van der Waals surface area contributed by atoms with Gasteiger partial charge in [-0.25, -0.2) is 13.1 Å². The van der Waals surface area contributed by atoms with Crippen LogP contribution in [0.15, 0.2) is 11.0 Å². The average molecular weight is 334 g/mol. The fourth-order valence-electron chi connectivity index (χ4n) is 2.29. The van der Waals surface area contributed by atoms with Gasteiger partial charge in [0.1, 0.15) is 0 Å². The topological polar surface area (TPSA) is 61.4 Å². The molecule has 122 valence electrons. The summed E-state index contributed by atoms with van der Waals surface area (Å²) in [6.07, 6.45) is 0. The van der Waals surface area contributed by atoms with Crippen LogP contribution < -0.4 is 10.0 Å². The van der Waals surface area contributed by atoms with Gasteiger partial charge in [0.2, 0.25) is 10.0 Å². The molecule has 0 aliphatic heterocycles. The highest BCUT2D eigenvalue weighted by Crippen LogP contribution is 2.25. The standard InChI is InChI=1S/C14H27N3O2S2/c1-6-17(7-2)10-11(3)16-21(18,19)14-8-13(9-15-5)20-12(14)4/h8,11,15-16H,6-7,9-10H2,1-5H3. The molecule has 0 bridgehead atoms. The first-order chi connectivity index (χ1) is 9.83. The van der Waals surface area contributed by atoms with E-state index in [2.05, 4.69) is 28.8 Å². The number of sulfonamides is 1. The minimum atomic E-state index is -3.44. The van der Waals surface area contributed by atoms with Gasteiger partial charge in [-0.15, -0.1) is 11.3 Å². The van der Waals surface area contributed by atoms with Crippen molar-refractivity contribution in [3.63, 3.8) is 0 Å². The zero-order valence-corrected chi connectivity index (χ0v) is 15.2. The van der Waals surface area contributed by atoms with Crippen molar-refractivity contribution in [2.75, 3.05) is 26.7 Å². The smallest absolute Gasteiger partial charge is 0.241 e. The van der Waals surface area contributed by atoms with Crippen molar-refractivity contribution >= 4 is 21.4 Å². The van der Waals surface area contributed by atoms with Crippen molar-refractivity contribution in [2.24, 2.45) is 0 Å². The van der Waals surface area contributed by atoms with E-state index in [1.165, 1.54) is 11.3 Å². The zero-order chi connectivity index (χ0) is 16.0. The number of hydrogen-bond donors (Lipinski definition) is 2. The molecule has 7 heteroatoms. The predicted octanol–water partition coefficient (Wildman–Crippen LogP) is 1.78. The minimum Gasteiger partial charge on any atom is -0.315 e. The Bertz CT molecular complexity index is 536. The van der Waals surface area contributed by atoms with Gasteiger partial charge in [0.15, 0.2) is 0 Å². The lowest BCUT2D eigenvalue weighted by atomic mass is 10.3. The van der Waals surface area contributed by atoms with Crippen molar-refractivity contribution in [2.45, 2.75) is 45.2 Å². The maximum atomic E-state index is 12.5. The van der Waals surface area contributed by atoms with Crippen molar-refractivity contribution in [1.29, 1.82) is 0 Å². The first-order valence-corrected chi connectivity index (χ1v) is 9.62. The van der Waals surface area contributed by atoms with Crippen LogP contribution in [0, 0.1) is 6.92 Å². The van der Waals surface area contributed by atoms with Gasteiger partial charge in [-0.3, -0.25) is 0 Å². The molecular weight excluding hydrogens is 306 g/mol. The van der Waals surface area contributed by atoms with Crippen LogP contribution in [0.1, 0.15) is 30.5 Å². The molecule has 21 heavy (non-hydrogen) atoms. The molecule has 1 heterocycles. The van der Waals surface area contributed by atoms with Crippen molar-refractivity contribution < 1.29 is 8.42 Å². The highest BCUT2D eigenvalue weighted by atomic mass is 32.2. The normalized spacial score (nSPS) is 13.8. The van der Waals surface area contributed by atoms with Gasteiger partial charge >= 0.3 is 0 Å². The number of hydrogen-bond acceptors (Lipinski definition) is 5. The summed E-state index contributed by atoms with van der Waals surface area (Å²) < 4.78 is 27.8. The molecular formula is C14H27N3O2S2. The number of nitrogens with one attached hydrogen (secondary N) is 2. The highest BCUT2D eigenvalue weighted by Gasteiger charge is 2.22. The quantitative estimate of drug-likeness (QED) is 0.723. The van der Waals surface area contributed by atoms with Crippen LogP contribution in [0.3, 0.4) is 0 Å². The van der Waals surface area contributed by atoms with Crippen LogP contribution in [-0.2, 0) is 16.6 Å². The third kappa shape index (κ3) is 5.34. The van der Waals surface area contributed by atoms with E-state index in [0.29, 0.717) is 11.4 Å². The summed E-state index contributed by atoms with van der Waals surface area (Å²) in [6.45, 7) is 11.2. The zero-order valence-electron chi connectivity index (χ0n) is 13.6. The Morgan fingerprint density at radius 1 is 1.33 bits per heavy atom. The summed E-state index contributed by atoms with van der Waals surface area (Å²) in [6, 6.07) is 1.66. The Kier molecular flexibility index (Phi) is 7.29. The Hall–Kier alpha value is -0.470. The fraction of sp³-hybridized carbons (Fsp3) is 0.714. The lowest BCUT2D eigenvalue weighted by Gasteiger charge is -2.23. The molecule has 0 fully saturated rings. The Morgan fingerprint density at radius 2 is 1.95 bits per heavy atom. The molecule has 1 rings (SSSR count). The summed E-state index contributed by atoms with van der Waals surface area (Å²) in [4.78, 5) is 4.49. The lowest BCUT2D eigenvalue weighted by molar-refractivity contribution is 0.282. The fourth-order valence-corrected chi connectivity index (χ4v) is 5.17. The number of thiophene rings is 1. The molecule has 1 atom stereocenters. The average Bonchev–Trinajstić information content (AvgIpc) is 2.77. The molecule has 0 aliphatic carbocycles. The third-order valence-corrected chi connectivity index (χ3v) is 6.24. The summed E-state index contributed by atoms with van der Waals surface area (Å²) in [5.74, 6) is 0. The third-order valence-electron chi connectivity index (χ3n) is 3.35. The van der Waals surface area contributed by atoms with Crippen LogP contribution in [0.4, 0.5) is 0 Å². The molecule has 0 saturated carbocycles. The maximum absolute atomic E-state index is 12.5. The summed E-state index contributed by atoms with van der Waals surface area (Å²) in [5, 5.41) is 3.05. The van der Waals surface area contributed by atoms with Crippen molar-refractivity contribution in [3.05, 3.63) is 15.8 Å². The molecule has 0 aromatic carbocycles. The van der Waals surface area contributed by atoms with Crippen LogP contribution >= 0.6 is 11.3 Å². The first kappa shape index (κ1) is 18.6. The summed E-state index contributed by atoms with van der Waals surface area (Å²) in [5.41, 5.74) is 0. The number of rotatable bonds is 9. The van der Waals surface area contributed by atoms with E-state index in [0.717, 1.165) is 29.4 Å². The van der Waals surface area contributed by atoms with Gasteiger partial charge in [-0.1, -0.05) is 13.8 Å². The van der Waals surface area contributed by atoms with Crippen LogP contribution in [0.5, 0.6) is 0 Å². The van der Waals surface area contributed by atoms with Crippen LogP contribution in [0.25, 0.3) is 0 Å². The Balaban J connectivity index is 2.81. The maximum Gasteiger partial charge on any atom is 0.241 e. The van der Waals surface area contributed by atoms with Gasteiger partial charge in [0.05, 0.1) is 4.90 Å². The second kappa shape index (κ2) is 8.24. The van der Waals surface area contributed by atoms with Crippen LogP contribution in [0.2, 0.25) is 0 Å². The van der Waals surface area contributed by atoms with Crippen molar-refractivity contribution in [3.8, 4) is 0 Å². The van der Waals surface area contributed by atoms with E-state index < -0.39 is 10.0 Å². The number of likely N-dealkylation sites (N-methyl/N-ethyl adjacent to an activating group) is 1. The van der Waals surface area contributed by atoms with Gasteiger partial charge < -0.3 is 10.2 Å². The molecule has 0 spiro atoms. The van der Waals surface area contributed by atoms with E-state index >= 15 is 0 Å². The summed E-state index contributed by atoms with van der Waals surface area (Å²) >= 11 is 1.52. The minimum absolute atomic E-state index is 0.109. The Morgan fingerprint density at radius 3 is 2.48 bits per heavy atom. The first-order valence-electron chi connectivity index (χ1n) is 7.32. The van der Waals surface area contributed by atoms with Gasteiger partial charge in [-0.2, -0.15) is 0 Å². The van der Waals surface area contributed by atoms with Crippen LogP contribution in [-0.4, -0.2) is 46.0 Å². The second-order valence-electron chi connectivity index (χ2n) is 5.17. The number of nitrogens with zero attached hydrogens (tertiary/aromatic N) is 1. The van der Waals surface area contributed by atoms with E-state index in [1.807, 2.05) is 20.9 Å². The molecule has 1 unspecified atom stereocenters. The lowest BCUT2D eigenvalue weighted by Crippen LogP contribution is -2.41. The molecule has 0 amide bonds. The SMILES string of the molecule is CCN(CC)CC(C)NS(=O)(=O)c1cc(CNC)sc1C. The summed E-state index contributed by atoms with van der Waals surface area (Å²) in [7, 11) is -1.59. The molecule has 2 N–H and O–H groups in total. The molecule has 1 aromatic heterocycles. The van der Waals surface area contributed by atoms with E-state index in [1.54, 1.807) is 6.07 Å².